The van der Waals surface area contributed by atoms with E-state index in [4.69, 9.17) is 0 Å². The molecular weight excluding hydrogens is 134 g/mol. The van der Waals surface area contributed by atoms with Crippen LogP contribution in [0.4, 0.5) is 0 Å². The second kappa shape index (κ2) is 3.57. The molecule has 1 saturated carbocycles. The molecule has 1 nitrogen and oxygen atoms in total. The quantitative estimate of drug-likeness (QED) is 0.609. The maximum atomic E-state index is 3.68. The summed E-state index contributed by atoms with van der Waals surface area (Å²) in [6.07, 6.45) is 10.3. The van der Waals surface area contributed by atoms with E-state index >= 15 is 0 Å². The van der Waals surface area contributed by atoms with Gasteiger partial charge < -0.3 is 5.32 Å². The first-order chi connectivity index (χ1) is 5.47. The summed E-state index contributed by atoms with van der Waals surface area (Å²) in [5.74, 6) is 1.05. The standard InChI is InChI=1S/C10H19N/c1-2-7-10(11-8-3-1)9-5-4-6-9/h9-11H,1-8H2. The largest absolute Gasteiger partial charge is 0.314 e. The molecule has 2 fully saturated rings. The third kappa shape index (κ3) is 1.76. The molecule has 2 aliphatic rings. The van der Waals surface area contributed by atoms with E-state index in [1.807, 2.05) is 0 Å². The second-order valence-electron chi connectivity index (χ2n) is 4.10. The van der Waals surface area contributed by atoms with Gasteiger partial charge in [-0.05, 0) is 38.1 Å². The van der Waals surface area contributed by atoms with Gasteiger partial charge >= 0.3 is 0 Å². The van der Waals surface area contributed by atoms with Gasteiger partial charge in [0.05, 0.1) is 0 Å². The van der Waals surface area contributed by atoms with Gasteiger partial charge in [-0.15, -0.1) is 0 Å². The molecule has 1 aliphatic carbocycles. The van der Waals surface area contributed by atoms with Gasteiger partial charge in [-0.1, -0.05) is 19.3 Å². The van der Waals surface area contributed by atoms with Crippen LogP contribution < -0.4 is 5.32 Å². The van der Waals surface area contributed by atoms with Crippen LogP contribution >= 0.6 is 0 Å². The lowest BCUT2D eigenvalue weighted by atomic mass is 9.78. The molecule has 11 heavy (non-hydrogen) atoms. The van der Waals surface area contributed by atoms with Crippen molar-refractivity contribution >= 4 is 0 Å². The lowest BCUT2D eigenvalue weighted by Gasteiger charge is -2.33. The van der Waals surface area contributed by atoms with Gasteiger partial charge in [0.15, 0.2) is 0 Å². The Labute approximate surface area is 69.6 Å². The molecule has 1 saturated heterocycles. The lowest BCUT2D eigenvalue weighted by Crippen LogP contribution is -2.38. The van der Waals surface area contributed by atoms with Crippen molar-refractivity contribution in [1.29, 1.82) is 0 Å². The highest BCUT2D eigenvalue weighted by atomic mass is 14.9. The van der Waals surface area contributed by atoms with Crippen molar-refractivity contribution < 1.29 is 0 Å². The average molecular weight is 153 g/mol. The zero-order valence-corrected chi connectivity index (χ0v) is 7.31. The monoisotopic (exact) mass is 153 g/mol. The number of hydrogen-bond acceptors (Lipinski definition) is 1. The molecule has 64 valence electrons. The molecule has 0 bridgehead atoms. The Morgan fingerprint density at radius 1 is 0.818 bits per heavy atom. The van der Waals surface area contributed by atoms with E-state index in [1.54, 1.807) is 0 Å². The highest BCUT2D eigenvalue weighted by Gasteiger charge is 2.26. The van der Waals surface area contributed by atoms with Crippen molar-refractivity contribution in [2.24, 2.45) is 5.92 Å². The number of hydrogen-bond donors (Lipinski definition) is 1. The number of rotatable bonds is 1. The summed E-state index contributed by atoms with van der Waals surface area (Å²) >= 11 is 0. The molecule has 0 spiro atoms. The van der Waals surface area contributed by atoms with E-state index < -0.39 is 0 Å². The third-order valence-corrected chi connectivity index (χ3v) is 3.32. The van der Waals surface area contributed by atoms with Crippen LogP contribution in [0.25, 0.3) is 0 Å². The summed E-state index contributed by atoms with van der Waals surface area (Å²) in [5, 5.41) is 3.68. The van der Waals surface area contributed by atoms with E-state index in [-0.39, 0.29) is 0 Å². The van der Waals surface area contributed by atoms with Gasteiger partial charge in [-0.3, -0.25) is 0 Å². The molecule has 0 radical (unpaired) electrons. The van der Waals surface area contributed by atoms with E-state index in [1.165, 1.54) is 51.5 Å². The lowest BCUT2D eigenvalue weighted by molar-refractivity contribution is 0.225. The van der Waals surface area contributed by atoms with Crippen LogP contribution in [0.2, 0.25) is 0 Å². The molecule has 1 unspecified atom stereocenters. The van der Waals surface area contributed by atoms with E-state index in [2.05, 4.69) is 5.32 Å². The fourth-order valence-electron chi connectivity index (χ4n) is 2.30. The maximum Gasteiger partial charge on any atom is 0.00953 e. The fraction of sp³-hybridized carbons (Fsp3) is 1.00. The topological polar surface area (TPSA) is 12.0 Å². The zero-order chi connectivity index (χ0) is 7.52. The minimum atomic E-state index is 0.895. The Morgan fingerprint density at radius 3 is 2.45 bits per heavy atom. The molecule has 0 amide bonds. The number of nitrogens with one attached hydrogen (secondary N) is 1. The normalized spacial score (nSPS) is 34.4. The second-order valence-corrected chi connectivity index (χ2v) is 4.10. The van der Waals surface area contributed by atoms with Gasteiger partial charge in [0.25, 0.3) is 0 Å². The average Bonchev–Trinajstić information content (AvgIpc) is 2.12. The molecule has 0 aromatic rings. The van der Waals surface area contributed by atoms with Crippen molar-refractivity contribution in [3.05, 3.63) is 0 Å². The van der Waals surface area contributed by atoms with Gasteiger partial charge in [-0.2, -0.15) is 0 Å². The van der Waals surface area contributed by atoms with Crippen molar-refractivity contribution in [3.63, 3.8) is 0 Å². The van der Waals surface area contributed by atoms with Gasteiger partial charge in [0.1, 0.15) is 0 Å². The summed E-state index contributed by atoms with van der Waals surface area (Å²) in [6, 6.07) is 0.895. The van der Waals surface area contributed by atoms with E-state index in [0.29, 0.717) is 0 Å². The summed E-state index contributed by atoms with van der Waals surface area (Å²) < 4.78 is 0. The first-order valence-corrected chi connectivity index (χ1v) is 5.20. The van der Waals surface area contributed by atoms with Crippen molar-refractivity contribution in [3.8, 4) is 0 Å². The Bertz CT molecular complexity index is 110. The SMILES string of the molecule is C1CCNC(C2CCC2)CC1. The predicted octanol–water partition coefficient (Wildman–Crippen LogP) is 2.32. The van der Waals surface area contributed by atoms with Gasteiger partial charge in [0, 0.05) is 6.04 Å². The highest BCUT2D eigenvalue weighted by molar-refractivity contribution is 4.83. The summed E-state index contributed by atoms with van der Waals surface area (Å²) in [6.45, 7) is 1.28. The molecule has 0 aromatic carbocycles. The van der Waals surface area contributed by atoms with Crippen LogP contribution in [0, 0.1) is 5.92 Å². The molecule has 1 aliphatic heterocycles. The van der Waals surface area contributed by atoms with Crippen molar-refractivity contribution in [2.45, 2.75) is 51.0 Å². The van der Waals surface area contributed by atoms with Crippen LogP contribution in [0.1, 0.15) is 44.9 Å². The van der Waals surface area contributed by atoms with Gasteiger partial charge in [0.2, 0.25) is 0 Å². The summed E-state index contributed by atoms with van der Waals surface area (Å²) in [7, 11) is 0. The molecule has 1 heteroatoms. The van der Waals surface area contributed by atoms with Crippen LogP contribution in [0.15, 0.2) is 0 Å². The van der Waals surface area contributed by atoms with Gasteiger partial charge in [-0.25, -0.2) is 0 Å². The Hall–Kier alpha value is -0.0400. The maximum absolute atomic E-state index is 3.68. The third-order valence-electron chi connectivity index (χ3n) is 3.32. The zero-order valence-electron chi connectivity index (χ0n) is 7.31. The molecule has 1 atom stereocenters. The Balaban J connectivity index is 1.80. The van der Waals surface area contributed by atoms with Crippen molar-refractivity contribution in [1.82, 2.24) is 5.32 Å². The van der Waals surface area contributed by atoms with Crippen LogP contribution in [0.5, 0.6) is 0 Å². The Morgan fingerprint density at radius 2 is 1.73 bits per heavy atom. The molecular formula is C10H19N. The highest BCUT2D eigenvalue weighted by Crippen LogP contribution is 2.32. The summed E-state index contributed by atoms with van der Waals surface area (Å²) in [4.78, 5) is 0. The minimum absolute atomic E-state index is 0.895. The first kappa shape index (κ1) is 7.60. The minimum Gasteiger partial charge on any atom is -0.314 e. The fourth-order valence-corrected chi connectivity index (χ4v) is 2.30. The smallest absolute Gasteiger partial charge is 0.00953 e. The predicted molar refractivity (Wildman–Crippen MR) is 47.6 cm³/mol. The molecule has 2 rings (SSSR count). The van der Waals surface area contributed by atoms with Crippen LogP contribution in [0.3, 0.4) is 0 Å². The molecule has 1 heterocycles. The van der Waals surface area contributed by atoms with E-state index in [0.717, 1.165) is 12.0 Å². The Kier molecular flexibility index (Phi) is 2.47. The molecule has 0 aromatic heterocycles. The van der Waals surface area contributed by atoms with E-state index in [9.17, 15) is 0 Å². The van der Waals surface area contributed by atoms with Crippen molar-refractivity contribution in [2.75, 3.05) is 6.54 Å². The molecule has 1 N–H and O–H groups in total. The van der Waals surface area contributed by atoms with Crippen LogP contribution in [-0.2, 0) is 0 Å². The summed E-state index contributed by atoms with van der Waals surface area (Å²) in [5.41, 5.74) is 0. The van der Waals surface area contributed by atoms with Crippen LogP contribution in [-0.4, -0.2) is 12.6 Å². The first-order valence-electron chi connectivity index (χ1n) is 5.20.